The van der Waals surface area contributed by atoms with E-state index in [1.54, 1.807) is 6.07 Å². The molecule has 0 radical (unpaired) electrons. The first-order valence-electron chi connectivity index (χ1n) is 7.55. The molecule has 2 atom stereocenters. The van der Waals surface area contributed by atoms with Gasteiger partial charge in [-0.25, -0.2) is 9.59 Å². The molecule has 1 aromatic carbocycles. The molecule has 0 bridgehead atoms. The fourth-order valence-corrected chi connectivity index (χ4v) is 2.22. The summed E-state index contributed by atoms with van der Waals surface area (Å²) in [5.74, 6) is 0.897. The Morgan fingerprint density at radius 3 is 2.74 bits per heavy atom. The molecule has 126 valence electrons. The molecule has 2 rings (SSSR count). The van der Waals surface area contributed by atoms with Crippen molar-refractivity contribution >= 4 is 12.0 Å². The molecule has 1 heterocycles. The van der Waals surface area contributed by atoms with Crippen molar-refractivity contribution in [1.29, 1.82) is 0 Å². The molecule has 0 aliphatic carbocycles. The number of carbonyl (C=O) groups is 2. The van der Waals surface area contributed by atoms with Gasteiger partial charge in [0, 0.05) is 6.54 Å². The molecule has 1 aromatic rings. The average molecular weight is 322 g/mol. The van der Waals surface area contributed by atoms with Crippen molar-refractivity contribution in [2.24, 2.45) is 5.92 Å². The van der Waals surface area contributed by atoms with Crippen molar-refractivity contribution in [1.82, 2.24) is 10.6 Å². The summed E-state index contributed by atoms with van der Waals surface area (Å²) in [4.78, 5) is 23.8. The summed E-state index contributed by atoms with van der Waals surface area (Å²) in [5.41, 5.74) is 0.877. The van der Waals surface area contributed by atoms with Gasteiger partial charge in [0.25, 0.3) is 0 Å². The Balaban J connectivity index is 1.89. The Hall–Kier alpha value is -2.44. The first-order valence-corrected chi connectivity index (χ1v) is 7.55. The predicted octanol–water partition coefficient (Wildman–Crippen LogP) is 1.80. The Morgan fingerprint density at radius 2 is 2.04 bits per heavy atom. The lowest BCUT2D eigenvalue weighted by atomic mass is 9.99. The highest BCUT2D eigenvalue weighted by Crippen LogP contribution is 2.32. The standard InChI is InChI=1S/C16H22N2O5/c1-4-10(2)14(15(19)21-3)18-16(20)17-8-11-5-6-12-13(7-11)23-9-22-12/h5-7,10,14H,4,8-9H2,1-3H3,(H2,17,18,20)/t10?,14-/m0/s1. The number of methoxy groups -OCH3 is 1. The van der Waals surface area contributed by atoms with Crippen LogP contribution in [0.2, 0.25) is 0 Å². The van der Waals surface area contributed by atoms with E-state index in [1.165, 1.54) is 7.11 Å². The van der Waals surface area contributed by atoms with Crippen LogP contribution in [0.25, 0.3) is 0 Å². The van der Waals surface area contributed by atoms with E-state index < -0.39 is 18.0 Å². The molecule has 1 unspecified atom stereocenters. The number of urea groups is 1. The van der Waals surface area contributed by atoms with Gasteiger partial charge in [-0.2, -0.15) is 0 Å². The first kappa shape index (κ1) is 16.9. The molecule has 1 aliphatic rings. The molecule has 0 saturated heterocycles. The van der Waals surface area contributed by atoms with Crippen LogP contribution in [0.4, 0.5) is 4.79 Å². The zero-order valence-corrected chi connectivity index (χ0v) is 13.5. The number of hydrogen-bond acceptors (Lipinski definition) is 5. The van der Waals surface area contributed by atoms with Gasteiger partial charge in [-0.05, 0) is 23.6 Å². The molecule has 7 heteroatoms. The lowest BCUT2D eigenvalue weighted by Crippen LogP contribution is -2.49. The van der Waals surface area contributed by atoms with E-state index in [1.807, 2.05) is 26.0 Å². The summed E-state index contributed by atoms with van der Waals surface area (Å²) in [7, 11) is 1.31. The minimum atomic E-state index is -0.665. The molecule has 7 nitrogen and oxygen atoms in total. The smallest absolute Gasteiger partial charge is 0.328 e. The van der Waals surface area contributed by atoms with Gasteiger partial charge in [-0.3, -0.25) is 0 Å². The van der Waals surface area contributed by atoms with E-state index in [4.69, 9.17) is 14.2 Å². The molecule has 0 aromatic heterocycles. The summed E-state index contributed by atoms with van der Waals surface area (Å²) in [6, 6.07) is 4.38. The summed E-state index contributed by atoms with van der Waals surface area (Å²) in [6.45, 7) is 4.37. The number of amides is 2. The monoisotopic (exact) mass is 322 g/mol. The van der Waals surface area contributed by atoms with E-state index in [9.17, 15) is 9.59 Å². The van der Waals surface area contributed by atoms with Gasteiger partial charge < -0.3 is 24.8 Å². The number of nitrogens with one attached hydrogen (secondary N) is 2. The Labute approximate surface area is 135 Å². The topological polar surface area (TPSA) is 85.9 Å². The largest absolute Gasteiger partial charge is 0.467 e. The molecule has 2 N–H and O–H groups in total. The van der Waals surface area contributed by atoms with E-state index in [-0.39, 0.29) is 12.7 Å². The number of hydrogen-bond donors (Lipinski definition) is 2. The van der Waals surface area contributed by atoms with Crippen LogP contribution in [-0.2, 0) is 16.1 Å². The number of fused-ring (bicyclic) bond motifs is 1. The highest BCUT2D eigenvalue weighted by atomic mass is 16.7. The molecular formula is C16H22N2O5. The lowest BCUT2D eigenvalue weighted by molar-refractivity contribution is -0.144. The van der Waals surface area contributed by atoms with E-state index >= 15 is 0 Å². The number of rotatable bonds is 6. The summed E-state index contributed by atoms with van der Waals surface area (Å²) in [5, 5.41) is 5.38. The summed E-state index contributed by atoms with van der Waals surface area (Å²) in [6.07, 6.45) is 0.752. The van der Waals surface area contributed by atoms with Gasteiger partial charge in [-0.1, -0.05) is 26.3 Å². The molecule has 0 fully saturated rings. The van der Waals surface area contributed by atoms with E-state index in [2.05, 4.69) is 10.6 Å². The third-order valence-corrected chi connectivity index (χ3v) is 3.84. The maximum Gasteiger partial charge on any atom is 0.328 e. The molecule has 1 aliphatic heterocycles. The number of esters is 1. The third-order valence-electron chi connectivity index (χ3n) is 3.84. The Bertz CT molecular complexity index is 576. The van der Waals surface area contributed by atoms with Crippen LogP contribution in [0.5, 0.6) is 11.5 Å². The number of benzene rings is 1. The summed E-state index contributed by atoms with van der Waals surface area (Å²) < 4.78 is 15.3. The number of ether oxygens (including phenoxy) is 3. The van der Waals surface area contributed by atoms with Crippen LogP contribution >= 0.6 is 0 Å². The van der Waals surface area contributed by atoms with Crippen molar-refractivity contribution in [3.05, 3.63) is 23.8 Å². The lowest BCUT2D eigenvalue weighted by Gasteiger charge is -2.22. The zero-order valence-electron chi connectivity index (χ0n) is 13.5. The average Bonchev–Trinajstić information content (AvgIpc) is 3.04. The SMILES string of the molecule is CCC(C)[C@H](NC(=O)NCc1ccc2c(c1)OCO2)C(=O)OC. The third kappa shape index (κ3) is 4.28. The zero-order chi connectivity index (χ0) is 16.8. The van der Waals surface area contributed by atoms with Gasteiger partial charge in [0.05, 0.1) is 7.11 Å². The maximum absolute atomic E-state index is 12.0. The van der Waals surface area contributed by atoms with E-state index in [0.29, 0.717) is 18.0 Å². The molecule has 2 amide bonds. The molecule has 23 heavy (non-hydrogen) atoms. The Kier molecular flexibility index (Phi) is 5.67. The highest BCUT2D eigenvalue weighted by molar-refractivity contribution is 5.83. The van der Waals surface area contributed by atoms with E-state index in [0.717, 1.165) is 12.0 Å². The van der Waals surface area contributed by atoms with Crippen molar-refractivity contribution in [3.8, 4) is 11.5 Å². The van der Waals surface area contributed by atoms with Crippen LogP contribution in [0.1, 0.15) is 25.8 Å². The van der Waals surface area contributed by atoms with Crippen LogP contribution in [0, 0.1) is 5.92 Å². The quantitative estimate of drug-likeness (QED) is 0.780. The first-order chi connectivity index (χ1) is 11.0. The fraction of sp³-hybridized carbons (Fsp3) is 0.500. The van der Waals surface area contributed by atoms with Crippen molar-refractivity contribution in [2.45, 2.75) is 32.9 Å². The fourth-order valence-electron chi connectivity index (χ4n) is 2.22. The molecular weight excluding hydrogens is 300 g/mol. The normalized spacial score (nSPS) is 14.7. The minimum Gasteiger partial charge on any atom is -0.467 e. The van der Waals surface area contributed by atoms with Gasteiger partial charge in [-0.15, -0.1) is 0 Å². The van der Waals surface area contributed by atoms with Crippen molar-refractivity contribution in [2.75, 3.05) is 13.9 Å². The number of carbonyl (C=O) groups excluding carboxylic acids is 2. The van der Waals surface area contributed by atoms with Crippen LogP contribution in [0.3, 0.4) is 0 Å². The van der Waals surface area contributed by atoms with Crippen LogP contribution in [-0.4, -0.2) is 31.9 Å². The van der Waals surface area contributed by atoms with Crippen LogP contribution < -0.4 is 20.1 Å². The van der Waals surface area contributed by atoms with Crippen molar-refractivity contribution < 1.29 is 23.8 Å². The second-order valence-electron chi connectivity index (χ2n) is 5.40. The van der Waals surface area contributed by atoms with Crippen LogP contribution in [0.15, 0.2) is 18.2 Å². The van der Waals surface area contributed by atoms with Gasteiger partial charge in [0.15, 0.2) is 11.5 Å². The molecule has 0 saturated carbocycles. The second-order valence-corrected chi connectivity index (χ2v) is 5.40. The van der Waals surface area contributed by atoms with Gasteiger partial charge >= 0.3 is 12.0 Å². The highest BCUT2D eigenvalue weighted by Gasteiger charge is 2.26. The minimum absolute atomic E-state index is 0.0151. The van der Waals surface area contributed by atoms with Gasteiger partial charge in [0.2, 0.25) is 6.79 Å². The second kappa shape index (κ2) is 7.71. The Morgan fingerprint density at radius 1 is 1.30 bits per heavy atom. The van der Waals surface area contributed by atoms with Crippen molar-refractivity contribution in [3.63, 3.8) is 0 Å². The summed E-state index contributed by atoms with van der Waals surface area (Å²) >= 11 is 0. The molecule has 0 spiro atoms. The van der Waals surface area contributed by atoms with Gasteiger partial charge in [0.1, 0.15) is 6.04 Å². The maximum atomic E-state index is 12.0. The predicted molar refractivity (Wildman–Crippen MR) is 83.2 cm³/mol.